The summed E-state index contributed by atoms with van der Waals surface area (Å²) >= 11 is 10.3. The van der Waals surface area contributed by atoms with E-state index in [0.29, 0.717) is 0 Å². The molecule has 1 fully saturated rings. The second kappa shape index (κ2) is 6.49. The molecule has 0 radical (unpaired) electrons. The van der Waals surface area contributed by atoms with Crippen LogP contribution < -0.4 is 0 Å². The minimum Gasteiger partial charge on any atom is -0.118 e. The lowest BCUT2D eigenvalue weighted by molar-refractivity contribution is 0.480. The number of hydrogen-bond acceptors (Lipinski definition) is 0. The number of alkyl halides is 1. The van der Waals surface area contributed by atoms with Crippen LogP contribution in [0.3, 0.4) is 0 Å². The first-order valence-corrected chi connectivity index (χ1v) is 8.80. The van der Waals surface area contributed by atoms with Gasteiger partial charge in [-0.3, -0.25) is 0 Å². The fourth-order valence-corrected chi connectivity index (χ4v) is 4.19. The van der Waals surface area contributed by atoms with E-state index in [1.165, 1.54) is 48.4 Å². The van der Waals surface area contributed by atoms with Gasteiger partial charge in [-0.15, -0.1) is 11.6 Å². The summed E-state index contributed by atoms with van der Waals surface area (Å²) < 4.78 is 1.15. The van der Waals surface area contributed by atoms with Gasteiger partial charge in [-0.1, -0.05) is 71.9 Å². The van der Waals surface area contributed by atoms with Crippen molar-refractivity contribution in [3.05, 3.63) is 46.4 Å². The number of rotatable bonds is 4. The quantitative estimate of drug-likeness (QED) is 0.528. The van der Waals surface area contributed by atoms with Crippen LogP contribution in [-0.4, -0.2) is 0 Å². The first-order valence-electron chi connectivity index (χ1n) is 7.57. The van der Waals surface area contributed by atoms with Gasteiger partial charge in [-0.05, 0) is 41.2 Å². The van der Waals surface area contributed by atoms with Crippen molar-refractivity contribution < 1.29 is 0 Å². The Labute approximate surface area is 134 Å². The van der Waals surface area contributed by atoms with Crippen LogP contribution in [0.25, 0.3) is 10.8 Å². The van der Waals surface area contributed by atoms with Crippen molar-refractivity contribution in [3.63, 3.8) is 0 Å². The van der Waals surface area contributed by atoms with Gasteiger partial charge in [0.1, 0.15) is 0 Å². The van der Waals surface area contributed by atoms with Crippen LogP contribution in [0.5, 0.6) is 0 Å². The smallest absolute Gasteiger partial charge is 0.0591 e. The van der Waals surface area contributed by atoms with E-state index in [0.717, 1.165) is 16.8 Å². The average molecular weight is 352 g/mol. The first kappa shape index (κ1) is 14.4. The molecule has 2 aromatic rings. The van der Waals surface area contributed by atoms with Crippen molar-refractivity contribution >= 4 is 38.3 Å². The lowest BCUT2D eigenvalue weighted by Crippen LogP contribution is -1.98. The van der Waals surface area contributed by atoms with Gasteiger partial charge >= 0.3 is 0 Å². The van der Waals surface area contributed by atoms with Gasteiger partial charge in [0.15, 0.2) is 0 Å². The third-order valence-electron chi connectivity index (χ3n) is 4.55. The molecule has 0 nitrogen and oxygen atoms in total. The van der Waals surface area contributed by atoms with E-state index < -0.39 is 0 Å². The molecule has 1 saturated carbocycles. The summed E-state index contributed by atoms with van der Waals surface area (Å²) in [6.07, 6.45) is 8.02. The van der Waals surface area contributed by atoms with Gasteiger partial charge in [-0.25, -0.2) is 0 Å². The molecule has 1 atom stereocenters. The van der Waals surface area contributed by atoms with Crippen molar-refractivity contribution in [2.75, 3.05) is 0 Å². The van der Waals surface area contributed by atoms with Gasteiger partial charge in [0.05, 0.1) is 5.38 Å². The summed E-state index contributed by atoms with van der Waals surface area (Å²) in [5, 5.41) is 2.68. The zero-order valence-electron chi connectivity index (χ0n) is 11.6. The molecule has 0 spiro atoms. The molecule has 0 aromatic heterocycles. The van der Waals surface area contributed by atoms with Crippen LogP contribution in [0, 0.1) is 5.92 Å². The minimum atomic E-state index is 0.133. The highest BCUT2D eigenvalue weighted by molar-refractivity contribution is 9.10. The van der Waals surface area contributed by atoms with Crippen molar-refractivity contribution in [2.45, 2.75) is 43.9 Å². The van der Waals surface area contributed by atoms with E-state index in [1.807, 2.05) is 0 Å². The van der Waals surface area contributed by atoms with E-state index in [1.54, 1.807) is 0 Å². The molecule has 1 aliphatic rings. The summed E-state index contributed by atoms with van der Waals surface area (Å²) in [5.74, 6) is 0.915. The maximum Gasteiger partial charge on any atom is 0.0591 e. The Balaban J connectivity index is 1.80. The normalized spacial score (nSPS) is 17.7. The summed E-state index contributed by atoms with van der Waals surface area (Å²) in [6.45, 7) is 0. The maximum atomic E-state index is 6.70. The fourth-order valence-electron chi connectivity index (χ4n) is 3.40. The van der Waals surface area contributed by atoms with Gasteiger partial charge in [-0.2, -0.15) is 0 Å². The molecule has 20 heavy (non-hydrogen) atoms. The molecule has 106 valence electrons. The molecule has 0 amide bonds. The van der Waals surface area contributed by atoms with Crippen LogP contribution >= 0.6 is 27.5 Å². The Kier molecular flexibility index (Phi) is 4.68. The molecular weight excluding hydrogens is 332 g/mol. The Bertz CT molecular complexity index is 587. The second-order valence-corrected chi connectivity index (χ2v) is 7.26. The molecular formula is C18H20BrCl. The number of benzene rings is 2. The zero-order chi connectivity index (χ0) is 13.9. The Morgan fingerprint density at radius 3 is 2.50 bits per heavy atom. The average Bonchev–Trinajstić information content (AvgIpc) is 2.99. The van der Waals surface area contributed by atoms with E-state index >= 15 is 0 Å². The van der Waals surface area contributed by atoms with Crippen molar-refractivity contribution in [1.82, 2.24) is 0 Å². The molecule has 1 unspecified atom stereocenters. The van der Waals surface area contributed by atoms with Gasteiger partial charge < -0.3 is 0 Å². The van der Waals surface area contributed by atoms with E-state index in [4.69, 9.17) is 11.6 Å². The zero-order valence-corrected chi connectivity index (χ0v) is 14.0. The Morgan fingerprint density at radius 1 is 1.05 bits per heavy atom. The van der Waals surface area contributed by atoms with E-state index in [2.05, 4.69) is 52.3 Å². The molecule has 2 heteroatoms. The molecule has 0 bridgehead atoms. The largest absolute Gasteiger partial charge is 0.118 e. The molecule has 3 rings (SSSR count). The Morgan fingerprint density at radius 2 is 1.75 bits per heavy atom. The molecule has 0 aliphatic heterocycles. The van der Waals surface area contributed by atoms with Crippen molar-refractivity contribution in [2.24, 2.45) is 5.92 Å². The molecule has 0 heterocycles. The summed E-state index contributed by atoms with van der Waals surface area (Å²) in [7, 11) is 0. The summed E-state index contributed by atoms with van der Waals surface area (Å²) in [5.41, 5.74) is 1.28. The molecule has 0 saturated heterocycles. The van der Waals surface area contributed by atoms with Crippen LogP contribution in [0.2, 0.25) is 0 Å². The van der Waals surface area contributed by atoms with Gasteiger partial charge in [0.2, 0.25) is 0 Å². The number of halogens is 2. The van der Waals surface area contributed by atoms with Gasteiger partial charge in [0.25, 0.3) is 0 Å². The van der Waals surface area contributed by atoms with Crippen LogP contribution in [0.15, 0.2) is 40.9 Å². The number of fused-ring (bicyclic) bond motifs is 1. The maximum absolute atomic E-state index is 6.70. The predicted octanol–water partition coefficient (Wildman–Crippen LogP) is 6.85. The van der Waals surface area contributed by atoms with Crippen LogP contribution in [-0.2, 0) is 0 Å². The standard InChI is InChI=1S/C18H20BrCl/c19-17-11-10-16(14-7-3-4-8-15(14)17)18(20)12-9-13-5-1-2-6-13/h3-4,7-8,10-11,13,18H,1-2,5-6,9,12H2. The number of hydrogen-bond donors (Lipinski definition) is 0. The molecule has 0 N–H and O–H groups in total. The SMILES string of the molecule is ClC(CCC1CCCC1)c1ccc(Br)c2ccccc12. The molecule has 1 aliphatic carbocycles. The second-order valence-electron chi connectivity index (χ2n) is 5.88. The summed E-state index contributed by atoms with van der Waals surface area (Å²) in [6, 6.07) is 12.8. The third-order valence-corrected chi connectivity index (χ3v) is 5.69. The summed E-state index contributed by atoms with van der Waals surface area (Å²) in [4.78, 5) is 0. The van der Waals surface area contributed by atoms with E-state index in [9.17, 15) is 0 Å². The lowest BCUT2D eigenvalue weighted by atomic mass is 9.95. The third kappa shape index (κ3) is 3.04. The highest BCUT2D eigenvalue weighted by Gasteiger charge is 2.18. The molecule has 2 aromatic carbocycles. The van der Waals surface area contributed by atoms with Crippen molar-refractivity contribution in [1.29, 1.82) is 0 Å². The Hall–Kier alpha value is -0.530. The van der Waals surface area contributed by atoms with Crippen LogP contribution in [0.1, 0.15) is 49.5 Å². The first-order chi connectivity index (χ1) is 9.75. The van der Waals surface area contributed by atoms with Gasteiger partial charge in [0, 0.05) is 4.47 Å². The van der Waals surface area contributed by atoms with Crippen LogP contribution in [0.4, 0.5) is 0 Å². The highest BCUT2D eigenvalue weighted by atomic mass is 79.9. The van der Waals surface area contributed by atoms with Crippen molar-refractivity contribution in [3.8, 4) is 0 Å². The fraction of sp³-hybridized carbons (Fsp3) is 0.444. The monoisotopic (exact) mass is 350 g/mol. The topological polar surface area (TPSA) is 0 Å². The van der Waals surface area contributed by atoms with E-state index in [-0.39, 0.29) is 5.38 Å². The highest BCUT2D eigenvalue weighted by Crippen LogP contribution is 2.37. The minimum absolute atomic E-state index is 0.133. The predicted molar refractivity (Wildman–Crippen MR) is 91.4 cm³/mol. The lowest BCUT2D eigenvalue weighted by Gasteiger charge is -2.16.